The van der Waals surface area contributed by atoms with Gasteiger partial charge < -0.3 is 22.8 Å². The molecule has 0 aromatic rings. The van der Waals surface area contributed by atoms with Crippen LogP contribution in [0.1, 0.15) is 78.6 Å². The van der Waals surface area contributed by atoms with Gasteiger partial charge in [0, 0.05) is 13.8 Å². The molecule has 0 spiro atoms. The molecule has 0 saturated carbocycles. The summed E-state index contributed by atoms with van der Waals surface area (Å²) in [6, 6.07) is 2.23. The number of nitriles is 1. The van der Waals surface area contributed by atoms with Gasteiger partial charge in [-0.2, -0.15) is 5.26 Å². The summed E-state index contributed by atoms with van der Waals surface area (Å²) in [5.41, 5.74) is -0.416. The molecule has 0 radical (unpaired) electrons. The van der Waals surface area contributed by atoms with Crippen LogP contribution in [-0.2, 0) is 0 Å². The van der Waals surface area contributed by atoms with Crippen molar-refractivity contribution in [2.45, 2.75) is 90.2 Å². The van der Waals surface area contributed by atoms with Gasteiger partial charge in [0.25, 0.3) is 0 Å². The highest BCUT2D eigenvalue weighted by molar-refractivity contribution is 4.90. The Balaban J connectivity index is 0. The number of aliphatic hydroxyl groups excluding tert-OH is 1. The molecule has 0 saturated heterocycles. The third-order valence-electron chi connectivity index (χ3n) is 3.58. The molecule has 0 amide bonds. The second-order valence-electron chi connectivity index (χ2n) is 6.19. The smallest absolute Gasteiger partial charge is 0.177 e. The van der Waals surface area contributed by atoms with E-state index in [1.54, 1.807) is 0 Å². The van der Waals surface area contributed by atoms with Crippen molar-refractivity contribution in [3.05, 3.63) is 0 Å². The third kappa shape index (κ3) is 14.1. The maximum absolute atomic E-state index is 9.84. The van der Waals surface area contributed by atoms with Crippen LogP contribution >= 0.6 is 0 Å². The number of unbranched alkanes of at least 4 members (excludes halogenated alkanes) is 7. The zero-order chi connectivity index (χ0) is 14.6. The van der Waals surface area contributed by atoms with Gasteiger partial charge in [0.1, 0.15) is 18.7 Å². The first kappa shape index (κ1) is 22.0. The van der Waals surface area contributed by atoms with Crippen LogP contribution < -0.4 is 17.7 Å². The van der Waals surface area contributed by atoms with Crippen LogP contribution in [0.5, 0.6) is 0 Å². The lowest BCUT2D eigenvalue weighted by molar-refractivity contribution is -0.712. The molecule has 0 aromatic carbocycles. The normalized spacial score (nSPS) is 12.6. The SMILES string of the molecule is CCCCCCCCCCC(O)C[NH2+]C(C)(C)C#N.[Cl-]. The molecule has 0 aliphatic carbocycles. The summed E-state index contributed by atoms with van der Waals surface area (Å²) in [4.78, 5) is 0. The molecule has 1 atom stereocenters. The number of aliphatic hydroxyl groups is 1. The van der Waals surface area contributed by atoms with E-state index in [1.165, 1.54) is 44.9 Å². The summed E-state index contributed by atoms with van der Waals surface area (Å²) >= 11 is 0. The molecule has 120 valence electrons. The van der Waals surface area contributed by atoms with Gasteiger partial charge in [0.2, 0.25) is 0 Å². The summed E-state index contributed by atoms with van der Waals surface area (Å²) in [5, 5.41) is 20.7. The molecule has 20 heavy (non-hydrogen) atoms. The molecule has 0 fully saturated rings. The van der Waals surface area contributed by atoms with E-state index in [1.807, 2.05) is 19.2 Å². The van der Waals surface area contributed by atoms with Gasteiger partial charge >= 0.3 is 0 Å². The lowest BCUT2D eigenvalue weighted by Gasteiger charge is -2.16. The Hall–Kier alpha value is -0.300. The van der Waals surface area contributed by atoms with Gasteiger partial charge in [-0.3, -0.25) is 0 Å². The standard InChI is InChI=1S/C16H32N2O.ClH/c1-4-5-6-7-8-9-10-11-12-15(19)13-18-16(2,3)14-17;/h15,18-19H,4-13H2,1-3H3;1H. The minimum atomic E-state index is -0.416. The molecule has 1 unspecified atom stereocenters. The Morgan fingerprint density at radius 1 is 1.05 bits per heavy atom. The molecule has 0 heterocycles. The summed E-state index contributed by atoms with van der Waals surface area (Å²) < 4.78 is 0. The first-order chi connectivity index (χ1) is 9.02. The minimum Gasteiger partial charge on any atom is -1.00 e. The predicted molar refractivity (Wildman–Crippen MR) is 79.7 cm³/mol. The van der Waals surface area contributed by atoms with Crippen molar-refractivity contribution in [1.82, 2.24) is 0 Å². The van der Waals surface area contributed by atoms with Gasteiger partial charge in [-0.05, 0) is 6.42 Å². The van der Waals surface area contributed by atoms with Crippen LogP contribution in [0.15, 0.2) is 0 Å². The van der Waals surface area contributed by atoms with Gasteiger partial charge in [0.05, 0.1) is 0 Å². The van der Waals surface area contributed by atoms with Crippen molar-refractivity contribution in [2.24, 2.45) is 0 Å². The number of hydrogen-bond acceptors (Lipinski definition) is 2. The number of halogens is 1. The lowest BCUT2D eigenvalue weighted by atomic mass is 10.0. The number of nitrogens with two attached hydrogens (primary N) is 1. The average Bonchev–Trinajstić information content (AvgIpc) is 2.39. The molecule has 4 heteroatoms. The molecular weight excluding hydrogens is 272 g/mol. The molecule has 0 bridgehead atoms. The van der Waals surface area contributed by atoms with Crippen molar-refractivity contribution in [1.29, 1.82) is 5.26 Å². The fourth-order valence-electron chi connectivity index (χ4n) is 2.11. The second-order valence-corrected chi connectivity index (χ2v) is 6.19. The van der Waals surface area contributed by atoms with E-state index >= 15 is 0 Å². The van der Waals surface area contributed by atoms with Crippen LogP contribution in [-0.4, -0.2) is 23.3 Å². The highest BCUT2D eigenvalue weighted by Crippen LogP contribution is 2.10. The number of quaternary nitrogens is 1. The molecule has 3 N–H and O–H groups in total. The van der Waals surface area contributed by atoms with E-state index in [4.69, 9.17) is 5.26 Å². The molecule has 0 aliphatic heterocycles. The minimum absolute atomic E-state index is 0. The van der Waals surface area contributed by atoms with Crippen LogP contribution in [0.2, 0.25) is 0 Å². The van der Waals surface area contributed by atoms with Crippen molar-refractivity contribution in [3.8, 4) is 6.07 Å². The van der Waals surface area contributed by atoms with Crippen LogP contribution in [0.25, 0.3) is 0 Å². The zero-order valence-corrected chi connectivity index (χ0v) is 14.3. The summed E-state index contributed by atoms with van der Waals surface area (Å²) in [6.07, 6.45) is 11.0. The van der Waals surface area contributed by atoms with Crippen molar-refractivity contribution in [2.75, 3.05) is 6.54 Å². The van der Waals surface area contributed by atoms with Crippen molar-refractivity contribution in [3.63, 3.8) is 0 Å². The Morgan fingerprint density at radius 3 is 2.05 bits per heavy atom. The molecule has 3 nitrogen and oxygen atoms in total. The van der Waals surface area contributed by atoms with Crippen LogP contribution in [0, 0.1) is 11.3 Å². The largest absolute Gasteiger partial charge is 1.00 e. The fourth-order valence-corrected chi connectivity index (χ4v) is 2.11. The Morgan fingerprint density at radius 2 is 1.55 bits per heavy atom. The van der Waals surface area contributed by atoms with E-state index in [9.17, 15) is 5.11 Å². The quantitative estimate of drug-likeness (QED) is 0.488. The molecule has 0 aliphatic rings. The van der Waals surface area contributed by atoms with Crippen LogP contribution in [0.4, 0.5) is 0 Å². The summed E-state index contributed by atoms with van der Waals surface area (Å²) in [7, 11) is 0. The lowest BCUT2D eigenvalue weighted by Crippen LogP contribution is -3.00. The molecular formula is C16H33ClN2O. The Kier molecular flexibility index (Phi) is 15.0. The van der Waals surface area contributed by atoms with E-state index in [0.717, 1.165) is 12.8 Å². The first-order valence-electron chi connectivity index (χ1n) is 7.95. The maximum atomic E-state index is 9.84. The van der Waals surface area contributed by atoms with Crippen molar-refractivity contribution < 1.29 is 22.8 Å². The second kappa shape index (κ2) is 13.7. The first-order valence-corrected chi connectivity index (χ1v) is 7.95. The highest BCUT2D eigenvalue weighted by Gasteiger charge is 2.21. The van der Waals surface area contributed by atoms with E-state index < -0.39 is 5.54 Å². The predicted octanol–water partition coefficient (Wildman–Crippen LogP) is -0.252. The van der Waals surface area contributed by atoms with E-state index in [0.29, 0.717) is 6.54 Å². The Bertz CT molecular complexity index is 251. The molecule has 0 rings (SSSR count). The van der Waals surface area contributed by atoms with Gasteiger partial charge in [-0.25, -0.2) is 0 Å². The summed E-state index contributed by atoms with van der Waals surface area (Å²) in [6.45, 7) is 6.65. The monoisotopic (exact) mass is 304 g/mol. The van der Waals surface area contributed by atoms with E-state index in [-0.39, 0.29) is 18.5 Å². The average molecular weight is 305 g/mol. The van der Waals surface area contributed by atoms with Crippen molar-refractivity contribution >= 4 is 0 Å². The maximum Gasteiger partial charge on any atom is 0.177 e. The molecule has 0 aromatic heterocycles. The zero-order valence-electron chi connectivity index (χ0n) is 13.5. The van der Waals surface area contributed by atoms with E-state index in [2.05, 4.69) is 13.0 Å². The topological polar surface area (TPSA) is 60.6 Å². The van der Waals surface area contributed by atoms with Gasteiger partial charge in [-0.15, -0.1) is 0 Å². The number of hydrogen-bond donors (Lipinski definition) is 2. The number of nitrogens with zero attached hydrogens (tertiary/aromatic N) is 1. The van der Waals surface area contributed by atoms with Crippen LogP contribution in [0.3, 0.4) is 0 Å². The fraction of sp³-hybridized carbons (Fsp3) is 0.938. The third-order valence-corrected chi connectivity index (χ3v) is 3.58. The summed E-state index contributed by atoms with van der Waals surface area (Å²) in [5.74, 6) is 0. The Labute approximate surface area is 131 Å². The highest BCUT2D eigenvalue weighted by atomic mass is 35.5. The van der Waals surface area contributed by atoms with Gasteiger partial charge in [-0.1, -0.05) is 58.3 Å². The van der Waals surface area contributed by atoms with Gasteiger partial charge in [0.15, 0.2) is 5.54 Å². The number of rotatable bonds is 12.